The molecule has 27 heavy (non-hydrogen) atoms. The summed E-state index contributed by atoms with van der Waals surface area (Å²) in [5.41, 5.74) is 0.892. The van der Waals surface area contributed by atoms with E-state index in [1.807, 2.05) is 54.8 Å². The number of rotatable bonds is 7. The number of nitrogens with zero attached hydrogens (tertiary/aromatic N) is 2. The molecular weight excluding hydrogens is 364 g/mol. The number of carbonyl (C=O) groups excluding carboxylic acids is 1. The maximum absolute atomic E-state index is 12.3. The van der Waals surface area contributed by atoms with E-state index < -0.39 is 0 Å². The molecule has 8 heteroatoms. The van der Waals surface area contributed by atoms with E-state index in [9.17, 15) is 4.79 Å². The molecule has 0 fully saturated rings. The van der Waals surface area contributed by atoms with Crippen LogP contribution in [0, 0.1) is 11.7 Å². The smallest absolute Gasteiger partial charge is 0.222 e. The highest BCUT2D eigenvalue weighted by atomic mass is 32.1. The normalized spacial score (nSPS) is 12.0. The van der Waals surface area contributed by atoms with Crippen LogP contribution in [0.5, 0.6) is 5.75 Å². The van der Waals surface area contributed by atoms with Crippen molar-refractivity contribution in [3.63, 3.8) is 0 Å². The summed E-state index contributed by atoms with van der Waals surface area (Å²) in [6.07, 6.45) is 0.279. The number of carbonyl (C=O) groups is 1. The molecule has 0 aliphatic heterocycles. The number of amides is 1. The van der Waals surface area contributed by atoms with Gasteiger partial charge in [-0.25, -0.2) is 0 Å². The molecule has 142 valence electrons. The van der Waals surface area contributed by atoms with Crippen LogP contribution in [0.15, 0.2) is 40.8 Å². The molecule has 0 radical (unpaired) electrons. The number of benzene rings is 1. The Kier molecular flexibility index (Phi) is 5.75. The highest BCUT2D eigenvalue weighted by Crippen LogP contribution is 2.21. The first-order chi connectivity index (χ1) is 13.0. The van der Waals surface area contributed by atoms with Gasteiger partial charge in [0.15, 0.2) is 10.6 Å². The molecule has 1 atom stereocenters. The van der Waals surface area contributed by atoms with Crippen molar-refractivity contribution in [2.24, 2.45) is 0 Å². The molecule has 0 spiro atoms. The van der Waals surface area contributed by atoms with Gasteiger partial charge in [0.1, 0.15) is 17.3 Å². The molecule has 1 aromatic carbocycles. The highest BCUT2D eigenvalue weighted by Gasteiger charge is 2.14. The van der Waals surface area contributed by atoms with E-state index in [1.165, 1.54) is 0 Å². The fourth-order valence-electron chi connectivity index (χ4n) is 2.77. The number of hydrogen-bond donors (Lipinski definition) is 2. The van der Waals surface area contributed by atoms with Crippen molar-refractivity contribution in [2.45, 2.75) is 32.9 Å². The van der Waals surface area contributed by atoms with Crippen molar-refractivity contribution in [3.05, 3.63) is 52.7 Å². The Balaban J connectivity index is 1.66. The van der Waals surface area contributed by atoms with Crippen molar-refractivity contribution in [1.82, 2.24) is 20.1 Å². The van der Waals surface area contributed by atoms with E-state index in [1.54, 1.807) is 7.11 Å². The average molecular weight is 386 g/mol. The molecular formula is C19H22N4O3S. The Hall–Kier alpha value is -2.87. The van der Waals surface area contributed by atoms with E-state index in [0.717, 1.165) is 22.8 Å². The zero-order valence-corrected chi connectivity index (χ0v) is 16.3. The monoisotopic (exact) mass is 386 g/mol. The van der Waals surface area contributed by atoms with Gasteiger partial charge >= 0.3 is 0 Å². The fourth-order valence-corrected chi connectivity index (χ4v) is 2.99. The van der Waals surface area contributed by atoms with Gasteiger partial charge in [0, 0.05) is 18.5 Å². The van der Waals surface area contributed by atoms with E-state index in [-0.39, 0.29) is 18.4 Å². The van der Waals surface area contributed by atoms with Crippen LogP contribution in [0.4, 0.5) is 0 Å². The molecule has 3 aromatic rings. The Morgan fingerprint density at radius 2 is 2.07 bits per heavy atom. The van der Waals surface area contributed by atoms with Gasteiger partial charge in [-0.1, -0.05) is 0 Å². The summed E-state index contributed by atoms with van der Waals surface area (Å²) in [6.45, 7) is 4.19. The first kappa shape index (κ1) is 18.9. The van der Waals surface area contributed by atoms with Gasteiger partial charge in [-0.3, -0.25) is 14.5 Å². The lowest BCUT2D eigenvalue weighted by molar-refractivity contribution is -0.122. The third kappa shape index (κ3) is 4.46. The van der Waals surface area contributed by atoms with E-state index in [4.69, 9.17) is 21.4 Å². The summed E-state index contributed by atoms with van der Waals surface area (Å²) in [4.78, 5) is 12.3. The molecule has 0 saturated carbocycles. The minimum atomic E-state index is -0.190. The van der Waals surface area contributed by atoms with Gasteiger partial charge in [-0.15, -0.1) is 0 Å². The Labute approximate surface area is 162 Å². The minimum Gasteiger partial charge on any atom is -0.497 e. The molecule has 0 bridgehead atoms. The maximum Gasteiger partial charge on any atom is 0.222 e. The highest BCUT2D eigenvalue weighted by molar-refractivity contribution is 7.71. The second kappa shape index (κ2) is 8.22. The third-order valence-corrected chi connectivity index (χ3v) is 4.55. The summed E-state index contributed by atoms with van der Waals surface area (Å²) in [6, 6.07) is 11.1. The summed E-state index contributed by atoms with van der Waals surface area (Å²) in [5, 5.41) is 10.0. The van der Waals surface area contributed by atoms with Crippen molar-refractivity contribution < 1.29 is 13.9 Å². The third-order valence-electron chi connectivity index (χ3n) is 4.23. The molecule has 7 nitrogen and oxygen atoms in total. The maximum atomic E-state index is 12.3. The van der Waals surface area contributed by atoms with Gasteiger partial charge in [0.05, 0.1) is 13.2 Å². The van der Waals surface area contributed by atoms with Gasteiger partial charge in [-0.05, 0) is 62.5 Å². The van der Waals surface area contributed by atoms with Crippen LogP contribution >= 0.6 is 12.2 Å². The summed E-state index contributed by atoms with van der Waals surface area (Å²) in [7, 11) is 1.62. The van der Waals surface area contributed by atoms with Crippen molar-refractivity contribution >= 4 is 18.1 Å². The number of hydrogen-bond acceptors (Lipinski definition) is 5. The van der Waals surface area contributed by atoms with Crippen LogP contribution in [0.3, 0.4) is 0 Å². The zero-order valence-electron chi connectivity index (χ0n) is 15.5. The number of aromatic nitrogens is 3. The first-order valence-corrected chi connectivity index (χ1v) is 9.04. The van der Waals surface area contributed by atoms with Crippen molar-refractivity contribution in [3.8, 4) is 17.1 Å². The lowest BCUT2D eigenvalue weighted by Crippen LogP contribution is -2.27. The van der Waals surface area contributed by atoms with Crippen LogP contribution < -0.4 is 10.1 Å². The predicted octanol–water partition coefficient (Wildman–Crippen LogP) is 3.79. The second-order valence-corrected chi connectivity index (χ2v) is 6.61. The van der Waals surface area contributed by atoms with E-state index >= 15 is 0 Å². The molecule has 0 aliphatic rings. The standard InChI is InChI=1S/C19H22N4O3S/c1-12-4-9-16(26-12)13(2)20-17(24)10-11-23-18(21-22-19(23)27)14-5-7-15(25-3)8-6-14/h4-9,13H,10-11H2,1-3H3,(H,20,24)(H,22,27). The number of H-pyrrole nitrogens is 1. The molecule has 0 saturated heterocycles. The van der Waals surface area contributed by atoms with Crippen LogP contribution in [0.1, 0.15) is 30.9 Å². The average Bonchev–Trinajstić information content (AvgIpc) is 3.26. The van der Waals surface area contributed by atoms with Gasteiger partial charge in [-0.2, -0.15) is 5.10 Å². The minimum absolute atomic E-state index is 0.0830. The van der Waals surface area contributed by atoms with Crippen LogP contribution in [0.2, 0.25) is 0 Å². The molecule has 1 amide bonds. The Morgan fingerprint density at radius 3 is 2.70 bits per heavy atom. The van der Waals surface area contributed by atoms with Gasteiger partial charge in [0.2, 0.25) is 5.91 Å². The molecule has 2 heterocycles. The predicted molar refractivity (Wildman–Crippen MR) is 104 cm³/mol. The largest absolute Gasteiger partial charge is 0.497 e. The Bertz CT molecular complexity index is 972. The first-order valence-electron chi connectivity index (χ1n) is 8.63. The van der Waals surface area contributed by atoms with Crippen molar-refractivity contribution in [2.75, 3.05) is 7.11 Å². The number of furan rings is 1. The number of nitrogens with one attached hydrogen (secondary N) is 2. The zero-order chi connectivity index (χ0) is 19.4. The molecule has 2 N–H and O–H groups in total. The quantitative estimate of drug-likeness (QED) is 0.604. The molecule has 1 unspecified atom stereocenters. The van der Waals surface area contributed by atoms with Crippen LogP contribution in [-0.4, -0.2) is 27.8 Å². The molecule has 0 aliphatic carbocycles. The lowest BCUT2D eigenvalue weighted by Gasteiger charge is -2.12. The second-order valence-electron chi connectivity index (χ2n) is 6.22. The fraction of sp³-hybridized carbons (Fsp3) is 0.316. The van der Waals surface area contributed by atoms with Gasteiger partial charge < -0.3 is 14.5 Å². The number of methoxy groups -OCH3 is 1. The number of aryl methyl sites for hydroxylation is 1. The number of aromatic amines is 1. The van der Waals surface area contributed by atoms with E-state index in [2.05, 4.69) is 15.5 Å². The topological polar surface area (TPSA) is 85.1 Å². The summed E-state index contributed by atoms with van der Waals surface area (Å²) in [5.74, 6) is 2.92. The summed E-state index contributed by atoms with van der Waals surface area (Å²) < 4.78 is 13.0. The van der Waals surface area contributed by atoms with Crippen LogP contribution in [0.25, 0.3) is 11.4 Å². The van der Waals surface area contributed by atoms with Crippen molar-refractivity contribution in [1.29, 1.82) is 0 Å². The molecule has 3 rings (SSSR count). The summed E-state index contributed by atoms with van der Waals surface area (Å²) >= 11 is 5.31. The SMILES string of the molecule is COc1ccc(-c2n[nH]c(=S)n2CCC(=O)NC(C)c2ccc(C)o2)cc1. The van der Waals surface area contributed by atoms with Gasteiger partial charge in [0.25, 0.3) is 0 Å². The molecule has 2 aromatic heterocycles. The number of ether oxygens (including phenoxy) is 1. The Morgan fingerprint density at radius 1 is 1.33 bits per heavy atom. The van der Waals surface area contributed by atoms with E-state index in [0.29, 0.717) is 17.1 Å². The lowest BCUT2D eigenvalue weighted by atomic mass is 10.2. The van der Waals surface area contributed by atoms with Crippen LogP contribution in [-0.2, 0) is 11.3 Å².